The molecule has 4 nitrogen and oxygen atoms in total. The van der Waals surface area contributed by atoms with Gasteiger partial charge in [-0.25, -0.2) is 0 Å². The zero-order chi connectivity index (χ0) is 14.4. The first-order valence-electron chi connectivity index (χ1n) is 6.87. The minimum atomic E-state index is -0.0868. The Hall–Kier alpha value is -1.71. The molecule has 0 heterocycles. The molecule has 0 spiro atoms. The maximum absolute atomic E-state index is 11.7. The highest BCUT2D eigenvalue weighted by atomic mass is 16.1. The Morgan fingerprint density at radius 2 is 2.00 bits per heavy atom. The van der Waals surface area contributed by atoms with E-state index in [9.17, 15) is 4.79 Å². The van der Waals surface area contributed by atoms with E-state index in [0.29, 0.717) is 29.6 Å². The number of nitrogens with one attached hydrogen (secondary N) is 2. The maximum Gasteiger partial charge on any atom is 0.251 e. The van der Waals surface area contributed by atoms with Gasteiger partial charge >= 0.3 is 0 Å². The van der Waals surface area contributed by atoms with E-state index in [-0.39, 0.29) is 5.91 Å². The Morgan fingerprint density at radius 1 is 1.32 bits per heavy atom. The summed E-state index contributed by atoms with van der Waals surface area (Å²) in [5.41, 5.74) is 8.07. The molecule has 0 fully saturated rings. The molecule has 1 amide bonds. The molecule has 19 heavy (non-hydrogen) atoms. The van der Waals surface area contributed by atoms with Gasteiger partial charge in [-0.1, -0.05) is 20.8 Å². The standard InChI is InChI=1S/C15H25N3O/c1-5-17-15(19)12-6-7-14(13(16)8-12)18-9-11(4)10(2)3/h6-8,10-11,18H,5,9,16H2,1-4H3,(H,17,19). The lowest BCUT2D eigenvalue weighted by molar-refractivity contribution is 0.0956. The number of amides is 1. The second-order valence-corrected chi connectivity index (χ2v) is 5.26. The number of carbonyl (C=O) groups excluding carboxylic acids is 1. The van der Waals surface area contributed by atoms with Crippen LogP contribution in [0.1, 0.15) is 38.1 Å². The number of benzene rings is 1. The fourth-order valence-corrected chi connectivity index (χ4v) is 1.63. The molecule has 1 aromatic carbocycles. The summed E-state index contributed by atoms with van der Waals surface area (Å²) in [6, 6.07) is 5.38. The van der Waals surface area contributed by atoms with Crippen molar-refractivity contribution in [2.45, 2.75) is 27.7 Å². The van der Waals surface area contributed by atoms with E-state index in [4.69, 9.17) is 5.73 Å². The van der Waals surface area contributed by atoms with E-state index in [1.807, 2.05) is 13.0 Å². The summed E-state index contributed by atoms with van der Waals surface area (Å²) < 4.78 is 0. The Morgan fingerprint density at radius 3 is 2.53 bits per heavy atom. The monoisotopic (exact) mass is 263 g/mol. The molecule has 0 saturated heterocycles. The van der Waals surface area contributed by atoms with E-state index >= 15 is 0 Å². The molecule has 1 rings (SSSR count). The van der Waals surface area contributed by atoms with Crippen LogP contribution in [0.3, 0.4) is 0 Å². The Labute approximate surface area is 115 Å². The largest absolute Gasteiger partial charge is 0.397 e. The summed E-state index contributed by atoms with van der Waals surface area (Å²) in [5.74, 6) is 1.11. The molecule has 106 valence electrons. The van der Waals surface area contributed by atoms with E-state index in [1.165, 1.54) is 0 Å². The van der Waals surface area contributed by atoms with Gasteiger partial charge in [-0.3, -0.25) is 4.79 Å². The summed E-state index contributed by atoms with van der Waals surface area (Å²) in [5, 5.41) is 6.09. The van der Waals surface area contributed by atoms with Gasteiger partial charge in [0.15, 0.2) is 0 Å². The van der Waals surface area contributed by atoms with Crippen molar-refractivity contribution in [2.75, 3.05) is 24.1 Å². The SMILES string of the molecule is CCNC(=O)c1ccc(NCC(C)C(C)C)c(N)c1. The van der Waals surface area contributed by atoms with E-state index in [2.05, 4.69) is 31.4 Å². The number of hydrogen-bond acceptors (Lipinski definition) is 3. The molecule has 0 bridgehead atoms. The molecular weight excluding hydrogens is 238 g/mol. The lowest BCUT2D eigenvalue weighted by atomic mass is 9.98. The summed E-state index contributed by atoms with van der Waals surface area (Å²) >= 11 is 0. The topological polar surface area (TPSA) is 67.2 Å². The molecule has 0 saturated carbocycles. The molecule has 0 aromatic heterocycles. The number of anilines is 2. The third kappa shape index (κ3) is 4.47. The van der Waals surface area contributed by atoms with Crippen molar-refractivity contribution in [3.8, 4) is 0 Å². The summed E-state index contributed by atoms with van der Waals surface area (Å²) in [6.45, 7) is 10.00. The predicted octanol–water partition coefficient (Wildman–Crippen LogP) is 2.72. The first-order chi connectivity index (χ1) is 8.95. The molecule has 1 atom stereocenters. The Kier molecular flexibility index (Phi) is 5.67. The third-order valence-corrected chi connectivity index (χ3v) is 3.40. The van der Waals surface area contributed by atoms with Crippen molar-refractivity contribution in [3.63, 3.8) is 0 Å². The van der Waals surface area contributed by atoms with Gasteiger partial charge in [0.25, 0.3) is 5.91 Å². The third-order valence-electron chi connectivity index (χ3n) is 3.40. The van der Waals surface area contributed by atoms with Crippen LogP contribution in [0, 0.1) is 11.8 Å². The predicted molar refractivity (Wildman–Crippen MR) is 81.4 cm³/mol. The number of nitrogens with two attached hydrogens (primary N) is 1. The van der Waals surface area contributed by atoms with Crippen LogP contribution in [0.15, 0.2) is 18.2 Å². The van der Waals surface area contributed by atoms with Crippen molar-refractivity contribution in [1.29, 1.82) is 0 Å². The van der Waals surface area contributed by atoms with Gasteiger partial charge in [-0.15, -0.1) is 0 Å². The summed E-state index contributed by atoms with van der Waals surface area (Å²) in [7, 11) is 0. The first kappa shape index (κ1) is 15.3. The number of carbonyl (C=O) groups is 1. The maximum atomic E-state index is 11.7. The molecule has 1 aromatic rings. The van der Waals surface area contributed by atoms with Crippen LogP contribution in [0.25, 0.3) is 0 Å². The van der Waals surface area contributed by atoms with Crippen LogP contribution in [-0.2, 0) is 0 Å². The van der Waals surface area contributed by atoms with Gasteiger partial charge < -0.3 is 16.4 Å². The fraction of sp³-hybridized carbons (Fsp3) is 0.533. The van der Waals surface area contributed by atoms with Crippen molar-refractivity contribution >= 4 is 17.3 Å². The van der Waals surface area contributed by atoms with Gasteiger partial charge in [0.2, 0.25) is 0 Å². The zero-order valence-corrected chi connectivity index (χ0v) is 12.3. The second kappa shape index (κ2) is 7.02. The average Bonchev–Trinajstić information content (AvgIpc) is 2.36. The van der Waals surface area contributed by atoms with Crippen molar-refractivity contribution in [1.82, 2.24) is 5.32 Å². The second-order valence-electron chi connectivity index (χ2n) is 5.26. The fourth-order valence-electron chi connectivity index (χ4n) is 1.63. The highest BCUT2D eigenvalue weighted by molar-refractivity contribution is 5.96. The molecule has 1 unspecified atom stereocenters. The van der Waals surface area contributed by atoms with Crippen molar-refractivity contribution in [3.05, 3.63) is 23.8 Å². The lowest BCUT2D eigenvalue weighted by Gasteiger charge is -2.18. The van der Waals surface area contributed by atoms with Gasteiger partial charge in [-0.05, 0) is 37.0 Å². The normalized spacial score (nSPS) is 12.3. The molecule has 4 heteroatoms. The van der Waals surface area contributed by atoms with Gasteiger partial charge in [0.05, 0.1) is 11.4 Å². The van der Waals surface area contributed by atoms with E-state index in [1.54, 1.807) is 12.1 Å². The molecule has 0 aliphatic carbocycles. The zero-order valence-electron chi connectivity index (χ0n) is 12.3. The average molecular weight is 263 g/mol. The number of nitrogen functional groups attached to an aromatic ring is 1. The minimum absolute atomic E-state index is 0.0868. The van der Waals surface area contributed by atoms with Crippen LogP contribution < -0.4 is 16.4 Å². The smallest absolute Gasteiger partial charge is 0.251 e. The van der Waals surface area contributed by atoms with Crippen molar-refractivity contribution in [2.24, 2.45) is 11.8 Å². The van der Waals surface area contributed by atoms with Gasteiger partial charge in [-0.2, -0.15) is 0 Å². The highest BCUT2D eigenvalue weighted by Gasteiger charge is 2.09. The van der Waals surface area contributed by atoms with Crippen molar-refractivity contribution < 1.29 is 4.79 Å². The van der Waals surface area contributed by atoms with Crippen LogP contribution in [-0.4, -0.2) is 19.0 Å². The van der Waals surface area contributed by atoms with Crippen LogP contribution in [0.4, 0.5) is 11.4 Å². The van der Waals surface area contributed by atoms with Gasteiger partial charge in [0.1, 0.15) is 0 Å². The Bertz CT molecular complexity index is 429. The van der Waals surface area contributed by atoms with Gasteiger partial charge in [0, 0.05) is 18.7 Å². The number of rotatable bonds is 6. The quantitative estimate of drug-likeness (QED) is 0.691. The molecule has 0 radical (unpaired) electrons. The van der Waals surface area contributed by atoms with Crippen LogP contribution in [0.5, 0.6) is 0 Å². The Balaban J connectivity index is 2.69. The summed E-state index contributed by atoms with van der Waals surface area (Å²) in [4.78, 5) is 11.7. The minimum Gasteiger partial charge on any atom is -0.397 e. The summed E-state index contributed by atoms with van der Waals surface area (Å²) in [6.07, 6.45) is 0. The molecular formula is C15H25N3O. The van der Waals surface area contributed by atoms with Crippen LogP contribution in [0.2, 0.25) is 0 Å². The van der Waals surface area contributed by atoms with E-state index in [0.717, 1.165) is 12.2 Å². The number of hydrogen-bond donors (Lipinski definition) is 3. The molecule has 4 N–H and O–H groups in total. The van der Waals surface area contributed by atoms with E-state index < -0.39 is 0 Å². The lowest BCUT2D eigenvalue weighted by Crippen LogP contribution is -2.23. The van der Waals surface area contributed by atoms with Crippen LogP contribution >= 0.6 is 0 Å². The first-order valence-corrected chi connectivity index (χ1v) is 6.87. The highest BCUT2D eigenvalue weighted by Crippen LogP contribution is 2.21. The molecule has 0 aliphatic rings. The molecule has 0 aliphatic heterocycles.